The Bertz CT molecular complexity index is 1410. The van der Waals surface area contributed by atoms with E-state index in [1.54, 1.807) is 23.1 Å². The van der Waals surface area contributed by atoms with E-state index >= 15 is 0 Å². The van der Waals surface area contributed by atoms with E-state index in [2.05, 4.69) is 27.1 Å². The first-order valence-electron chi connectivity index (χ1n) is 12.9. The number of carbonyl (C=O) groups excluding carboxylic acids is 2. The van der Waals surface area contributed by atoms with Crippen LogP contribution in [0, 0.1) is 0 Å². The van der Waals surface area contributed by atoms with Crippen LogP contribution >= 0.6 is 23.2 Å². The topological polar surface area (TPSA) is 100 Å². The molecule has 3 heterocycles. The number of ether oxygens (including phenoxy) is 2. The summed E-state index contributed by atoms with van der Waals surface area (Å²) in [6, 6.07) is 13.0. The van der Waals surface area contributed by atoms with Crippen molar-refractivity contribution in [3.63, 3.8) is 0 Å². The summed E-state index contributed by atoms with van der Waals surface area (Å²) >= 11 is 12.6. The third-order valence-electron chi connectivity index (χ3n) is 6.50. The number of nitrogens with zero attached hydrogens (tertiary/aromatic N) is 5. The van der Waals surface area contributed by atoms with Crippen molar-refractivity contribution in [2.45, 2.75) is 39.3 Å². The molecule has 1 unspecified atom stereocenters. The summed E-state index contributed by atoms with van der Waals surface area (Å²) in [5, 5.41) is 3.84. The lowest BCUT2D eigenvalue weighted by molar-refractivity contribution is 0.0218. The predicted molar refractivity (Wildman–Crippen MR) is 155 cm³/mol. The van der Waals surface area contributed by atoms with Crippen molar-refractivity contribution >= 4 is 58.2 Å². The minimum absolute atomic E-state index is 0.0835. The summed E-state index contributed by atoms with van der Waals surface area (Å²) < 4.78 is 11.3. The van der Waals surface area contributed by atoms with Crippen LogP contribution in [-0.2, 0) is 4.74 Å². The summed E-state index contributed by atoms with van der Waals surface area (Å²) in [6.07, 6.45) is 1.14. The summed E-state index contributed by atoms with van der Waals surface area (Å²) in [6.45, 7) is 9.47. The molecule has 2 aliphatic heterocycles. The van der Waals surface area contributed by atoms with Gasteiger partial charge in [0, 0.05) is 43.2 Å². The first-order valence-corrected chi connectivity index (χ1v) is 13.6. The molecule has 5 rings (SSSR count). The number of carbonyl (C=O) groups is 2. The molecular weight excluding hydrogens is 555 g/mol. The maximum Gasteiger partial charge on any atom is 0.410 e. The molecule has 40 heavy (non-hydrogen) atoms. The Hall–Kier alpha value is -3.76. The Labute approximate surface area is 242 Å². The van der Waals surface area contributed by atoms with Gasteiger partial charge in [-0.2, -0.15) is 4.98 Å². The third kappa shape index (κ3) is 5.88. The third-order valence-corrected chi connectivity index (χ3v) is 7.11. The predicted octanol–water partition coefficient (Wildman–Crippen LogP) is 5.97. The molecule has 0 bridgehead atoms. The fourth-order valence-corrected chi connectivity index (χ4v) is 5.23. The van der Waals surface area contributed by atoms with Crippen LogP contribution in [0.4, 0.5) is 27.8 Å². The van der Waals surface area contributed by atoms with Crippen LogP contribution in [-0.4, -0.2) is 64.9 Å². The standard InChI is InChI=1S/C28H30Cl2N6O4/c1-17-15-34(27(38)40-28(2,3)4)12-13-35(17)19-10-8-18(9-11-19)32-26-31-14-20-24(33-26)39-16-36(25(20)37)23-21(29)6-5-7-22(23)30/h5-11,14,17H,12-13,15-16H2,1-4H3,(H,31,32,33). The number of hydrogen-bond acceptors (Lipinski definition) is 8. The molecule has 0 spiro atoms. The fraction of sp³-hybridized carbons (Fsp3) is 0.357. The van der Waals surface area contributed by atoms with Crippen molar-refractivity contribution in [1.82, 2.24) is 14.9 Å². The van der Waals surface area contributed by atoms with Crippen molar-refractivity contribution in [1.29, 1.82) is 0 Å². The van der Waals surface area contributed by atoms with Gasteiger partial charge in [-0.1, -0.05) is 29.3 Å². The van der Waals surface area contributed by atoms with E-state index in [-0.39, 0.29) is 36.2 Å². The van der Waals surface area contributed by atoms with Gasteiger partial charge in [0.2, 0.25) is 11.8 Å². The number of piperazine rings is 1. The number of halogens is 2. The minimum Gasteiger partial charge on any atom is -0.455 e. The second-order valence-corrected chi connectivity index (χ2v) is 11.4. The Morgan fingerprint density at radius 1 is 1.10 bits per heavy atom. The molecule has 1 N–H and O–H groups in total. The van der Waals surface area contributed by atoms with E-state index in [0.717, 1.165) is 11.4 Å². The summed E-state index contributed by atoms with van der Waals surface area (Å²) in [7, 11) is 0. The largest absolute Gasteiger partial charge is 0.455 e. The first kappa shape index (κ1) is 27.8. The van der Waals surface area contributed by atoms with E-state index in [1.165, 1.54) is 11.1 Å². The van der Waals surface area contributed by atoms with E-state index in [9.17, 15) is 9.59 Å². The summed E-state index contributed by atoms with van der Waals surface area (Å²) in [5.74, 6) is 0.117. The van der Waals surface area contributed by atoms with E-state index in [4.69, 9.17) is 32.7 Å². The lowest BCUT2D eigenvalue weighted by Gasteiger charge is -2.41. The van der Waals surface area contributed by atoms with Crippen molar-refractivity contribution in [3.8, 4) is 5.88 Å². The molecule has 0 radical (unpaired) electrons. The molecule has 0 aliphatic carbocycles. The average Bonchev–Trinajstić information content (AvgIpc) is 2.89. The fourth-order valence-electron chi connectivity index (χ4n) is 4.62. The normalized spacial score (nSPS) is 17.3. The highest BCUT2D eigenvalue weighted by atomic mass is 35.5. The van der Waals surface area contributed by atoms with Gasteiger partial charge in [0.1, 0.15) is 11.2 Å². The number of nitrogens with one attached hydrogen (secondary N) is 1. The maximum absolute atomic E-state index is 13.1. The number of hydrogen-bond donors (Lipinski definition) is 1. The van der Waals surface area contributed by atoms with E-state index < -0.39 is 5.60 Å². The van der Waals surface area contributed by atoms with Crippen LogP contribution < -0.4 is 19.9 Å². The smallest absolute Gasteiger partial charge is 0.410 e. The van der Waals surface area contributed by atoms with Gasteiger partial charge in [0.25, 0.3) is 5.91 Å². The zero-order chi connectivity index (χ0) is 28.6. The molecule has 2 amide bonds. The van der Waals surface area contributed by atoms with Crippen LogP contribution in [0.2, 0.25) is 10.0 Å². The van der Waals surface area contributed by atoms with E-state index in [1.807, 2.05) is 45.0 Å². The number of aromatic nitrogens is 2. The van der Waals surface area contributed by atoms with Crippen molar-refractivity contribution in [2.75, 3.05) is 41.5 Å². The van der Waals surface area contributed by atoms with Crippen molar-refractivity contribution in [3.05, 3.63) is 64.3 Å². The SMILES string of the molecule is CC1CN(C(=O)OC(C)(C)C)CCN1c1ccc(Nc2ncc3c(n2)OCN(c2c(Cl)cccc2Cl)C3=O)cc1. The minimum atomic E-state index is -0.519. The molecule has 10 nitrogen and oxygen atoms in total. The average molecular weight is 585 g/mol. The van der Waals surface area contributed by atoms with Gasteiger partial charge in [0.05, 0.1) is 15.7 Å². The first-order chi connectivity index (χ1) is 19.0. The number of rotatable bonds is 4. The van der Waals surface area contributed by atoms with Gasteiger partial charge in [-0.15, -0.1) is 0 Å². The second kappa shape index (κ2) is 11.0. The number of anilines is 4. The molecule has 210 valence electrons. The monoisotopic (exact) mass is 584 g/mol. The highest BCUT2D eigenvalue weighted by Crippen LogP contribution is 2.37. The Morgan fingerprint density at radius 2 is 1.80 bits per heavy atom. The molecule has 1 atom stereocenters. The lowest BCUT2D eigenvalue weighted by atomic mass is 10.1. The molecule has 2 aromatic carbocycles. The molecule has 1 aromatic heterocycles. The molecule has 1 fully saturated rings. The quantitative estimate of drug-likeness (QED) is 0.400. The van der Waals surface area contributed by atoms with Gasteiger partial charge < -0.3 is 24.6 Å². The van der Waals surface area contributed by atoms with Crippen LogP contribution in [0.15, 0.2) is 48.7 Å². The van der Waals surface area contributed by atoms with Gasteiger partial charge in [-0.25, -0.2) is 9.78 Å². The second-order valence-electron chi connectivity index (χ2n) is 10.6. The summed E-state index contributed by atoms with van der Waals surface area (Å²) in [4.78, 5) is 39.7. The molecule has 3 aromatic rings. The van der Waals surface area contributed by atoms with Crippen LogP contribution in [0.5, 0.6) is 5.88 Å². The number of amides is 2. The van der Waals surface area contributed by atoms with E-state index in [0.29, 0.717) is 41.3 Å². The Kier molecular flexibility index (Phi) is 7.65. The molecule has 1 saturated heterocycles. The number of fused-ring (bicyclic) bond motifs is 1. The molecule has 0 saturated carbocycles. The van der Waals surface area contributed by atoms with Crippen LogP contribution in [0.3, 0.4) is 0 Å². The highest BCUT2D eigenvalue weighted by Gasteiger charge is 2.32. The number of para-hydroxylation sites is 1. The van der Waals surface area contributed by atoms with Gasteiger partial charge in [-0.05, 0) is 64.1 Å². The summed E-state index contributed by atoms with van der Waals surface area (Å²) in [5.41, 5.74) is 1.89. The molecule has 12 heteroatoms. The Balaban J connectivity index is 1.23. The molecular formula is C28H30Cl2N6O4. The maximum atomic E-state index is 13.1. The van der Waals surface area contributed by atoms with Crippen LogP contribution in [0.1, 0.15) is 38.1 Å². The van der Waals surface area contributed by atoms with Gasteiger partial charge >= 0.3 is 6.09 Å². The highest BCUT2D eigenvalue weighted by molar-refractivity contribution is 6.40. The zero-order valence-electron chi connectivity index (χ0n) is 22.6. The van der Waals surface area contributed by atoms with Crippen molar-refractivity contribution < 1.29 is 19.1 Å². The van der Waals surface area contributed by atoms with Crippen LogP contribution in [0.25, 0.3) is 0 Å². The van der Waals surface area contributed by atoms with Gasteiger partial charge in [0.15, 0.2) is 6.73 Å². The Morgan fingerprint density at radius 3 is 2.45 bits per heavy atom. The zero-order valence-corrected chi connectivity index (χ0v) is 24.2. The van der Waals surface area contributed by atoms with Crippen molar-refractivity contribution in [2.24, 2.45) is 0 Å². The van der Waals surface area contributed by atoms with Gasteiger partial charge in [-0.3, -0.25) is 9.69 Å². The lowest BCUT2D eigenvalue weighted by Crippen LogP contribution is -2.54. The number of benzene rings is 2. The molecule has 2 aliphatic rings.